The number of H-pyrrole nitrogens is 1. The zero-order valence-corrected chi connectivity index (χ0v) is 24.1. The van der Waals surface area contributed by atoms with E-state index in [1.165, 1.54) is 25.3 Å². The van der Waals surface area contributed by atoms with Gasteiger partial charge in [0.1, 0.15) is 11.6 Å². The highest BCUT2D eigenvalue weighted by Gasteiger charge is 2.17. The molecule has 1 heterocycles. The van der Waals surface area contributed by atoms with Crippen LogP contribution >= 0.6 is 34.8 Å². The maximum absolute atomic E-state index is 13.0. The first-order valence-corrected chi connectivity index (χ1v) is 13.5. The number of halogens is 3. The molecule has 0 spiro atoms. The van der Waals surface area contributed by atoms with Crippen LogP contribution in [-0.4, -0.2) is 41.5 Å². The molecule has 1 aromatic heterocycles. The summed E-state index contributed by atoms with van der Waals surface area (Å²) in [7, 11) is 1.22. The molecule has 212 valence electrons. The standard InChI is InChI=1S/C30H21Cl3N4O5/c1-41-30(40)21-12-20(42-15-27(38)34-19-8-6-18(31)7-9-19)10-11-24(21)37-29(39)17-4-2-16(3-5-17)28-35-25-13-22(32)23(33)14-26(25)36-28/h2-14H,15H2,1H3,(H,34,38)(H,35,36)(H,37,39). The summed E-state index contributed by atoms with van der Waals surface area (Å²) < 4.78 is 10.4. The van der Waals surface area contributed by atoms with Gasteiger partial charge in [-0.25, -0.2) is 9.78 Å². The molecule has 0 aliphatic rings. The minimum Gasteiger partial charge on any atom is -0.484 e. The Morgan fingerprint density at radius 1 is 0.857 bits per heavy atom. The molecule has 5 rings (SSSR count). The molecule has 4 aromatic carbocycles. The van der Waals surface area contributed by atoms with E-state index in [0.29, 0.717) is 37.7 Å². The van der Waals surface area contributed by atoms with E-state index in [1.54, 1.807) is 60.7 Å². The minimum absolute atomic E-state index is 0.0534. The van der Waals surface area contributed by atoms with Crippen LogP contribution in [0.2, 0.25) is 15.1 Å². The zero-order valence-electron chi connectivity index (χ0n) is 21.8. The van der Waals surface area contributed by atoms with Crippen molar-refractivity contribution in [3.63, 3.8) is 0 Å². The van der Waals surface area contributed by atoms with E-state index < -0.39 is 17.8 Å². The third-order valence-electron chi connectivity index (χ3n) is 6.09. The molecule has 0 bridgehead atoms. The molecule has 9 nitrogen and oxygen atoms in total. The van der Waals surface area contributed by atoms with Gasteiger partial charge in [0.25, 0.3) is 11.8 Å². The number of rotatable bonds is 8. The molecule has 12 heteroatoms. The SMILES string of the molecule is COC(=O)c1cc(OCC(=O)Nc2ccc(Cl)cc2)ccc1NC(=O)c1ccc(-c2nc3cc(Cl)c(Cl)cc3[nH]2)cc1. The number of fused-ring (bicyclic) bond motifs is 1. The summed E-state index contributed by atoms with van der Waals surface area (Å²) in [5.41, 5.74) is 3.29. The van der Waals surface area contributed by atoms with Crippen LogP contribution in [0, 0.1) is 0 Å². The van der Waals surface area contributed by atoms with Crippen molar-refractivity contribution < 1.29 is 23.9 Å². The van der Waals surface area contributed by atoms with Gasteiger partial charge in [0.2, 0.25) is 0 Å². The fourth-order valence-corrected chi connectivity index (χ4v) is 4.44. The number of nitrogens with one attached hydrogen (secondary N) is 3. The zero-order chi connectivity index (χ0) is 29.8. The van der Waals surface area contributed by atoms with Crippen LogP contribution in [0.5, 0.6) is 5.75 Å². The van der Waals surface area contributed by atoms with Gasteiger partial charge in [-0.15, -0.1) is 0 Å². The Morgan fingerprint density at radius 3 is 2.29 bits per heavy atom. The molecule has 5 aromatic rings. The molecule has 42 heavy (non-hydrogen) atoms. The van der Waals surface area contributed by atoms with Crippen molar-refractivity contribution in [1.82, 2.24) is 9.97 Å². The Balaban J connectivity index is 1.27. The first-order chi connectivity index (χ1) is 20.2. The van der Waals surface area contributed by atoms with Gasteiger partial charge in [0.15, 0.2) is 6.61 Å². The second kappa shape index (κ2) is 12.5. The van der Waals surface area contributed by atoms with Gasteiger partial charge < -0.3 is 25.1 Å². The molecular formula is C30H21Cl3N4O5. The average molecular weight is 624 g/mol. The van der Waals surface area contributed by atoms with Gasteiger partial charge in [-0.2, -0.15) is 0 Å². The summed E-state index contributed by atoms with van der Waals surface area (Å²) in [5.74, 6) is -0.737. The molecule has 0 fully saturated rings. The molecule has 0 aliphatic carbocycles. The van der Waals surface area contributed by atoms with Gasteiger partial charge in [0.05, 0.1) is 39.4 Å². The van der Waals surface area contributed by atoms with Gasteiger partial charge in [-0.3, -0.25) is 9.59 Å². The number of esters is 1. The lowest BCUT2D eigenvalue weighted by atomic mass is 10.1. The van der Waals surface area contributed by atoms with Crippen molar-refractivity contribution >= 4 is 75.0 Å². The van der Waals surface area contributed by atoms with Crippen molar-refractivity contribution in [3.8, 4) is 17.1 Å². The number of ether oxygens (including phenoxy) is 2. The lowest BCUT2D eigenvalue weighted by molar-refractivity contribution is -0.118. The fraction of sp³-hybridized carbons (Fsp3) is 0.0667. The van der Waals surface area contributed by atoms with Crippen LogP contribution in [0.3, 0.4) is 0 Å². The van der Waals surface area contributed by atoms with Crippen LogP contribution in [0.1, 0.15) is 20.7 Å². The number of carbonyl (C=O) groups excluding carboxylic acids is 3. The maximum Gasteiger partial charge on any atom is 0.340 e. The van der Waals surface area contributed by atoms with Crippen molar-refractivity contribution in [2.45, 2.75) is 0 Å². The molecule has 0 unspecified atom stereocenters. The highest BCUT2D eigenvalue weighted by Crippen LogP contribution is 2.29. The van der Waals surface area contributed by atoms with Crippen LogP contribution in [-0.2, 0) is 9.53 Å². The first-order valence-electron chi connectivity index (χ1n) is 12.4. The number of anilines is 2. The van der Waals surface area contributed by atoms with E-state index in [-0.39, 0.29) is 23.6 Å². The number of aromatic nitrogens is 2. The summed E-state index contributed by atoms with van der Waals surface area (Å²) in [6.07, 6.45) is 0. The topological polar surface area (TPSA) is 122 Å². The summed E-state index contributed by atoms with van der Waals surface area (Å²) in [6.45, 7) is -0.313. The van der Waals surface area contributed by atoms with E-state index in [9.17, 15) is 14.4 Å². The summed E-state index contributed by atoms with van der Waals surface area (Å²) in [5, 5.41) is 6.77. The Hall–Kier alpha value is -4.57. The molecule has 0 saturated carbocycles. The van der Waals surface area contributed by atoms with Crippen molar-refractivity contribution in [2.24, 2.45) is 0 Å². The normalized spacial score (nSPS) is 10.8. The molecular weight excluding hydrogens is 603 g/mol. The van der Waals surface area contributed by atoms with Gasteiger partial charge in [-0.05, 0) is 66.7 Å². The molecule has 0 atom stereocenters. The average Bonchev–Trinajstić information content (AvgIpc) is 3.40. The fourth-order valence-electron chi connectivity index (χ4n) is 4.00. The Kier molecular flexibility index (Phi) is 8.63. The van der Waals surface area contributed by atoms with Crippen LogP contribution in [0.15, 0.2) is 78.9 Å². The van der Waals surface area contributed by atoms with Crippen molar-refractivity contribution in [2.75, 3.05) is 24.4 Å². The number of methoxy groups -OCH3 is 1. The number of hydrogen-bond donors (Lipinski definition) is 3. The van der Waals surface area contributed by atoms with Crippen LogP contribution in [0.4, 0.5) is 11.4 Å². The molecule has 0 radical (unpaired) electrons. The van der Waals surface area contributed by atoms with Gasteiger partial charge in [-0.1, -0.05) is 46.9 Å². The second-order valence-corrected chi connectivity index (χ2v) is 10.2. The number of carbonyl (C=O) groups is 3. The van der Waals surface area contributed by atoms with E-state index in [0.717, 1.165) is 11.1 Å². The molecule has 0 aliphatic heterocycles. The molecule has 3 N–H and O–H groups in total. The molecule has 0 saturated heterocycles. The summed E-state index contributed by atoms with van der Waals surface area (Å²) >= 11 is 18.0. The second-order valence-electron chi connectivity index (χ2n) is 8.94. The lowest BCUT2D eigenvalue weighted by Gasteiger charge is -2.13. The van der Waals surface area contributed by atoms with Crippen molar-refractivity contribution in [1.29, 1.82) is 0 Å². The third kappa shape index (κ3) is 6.66. The highest BCUT2D eigenvalue weighted by atomic mass is 35.5. The predicted molar refractivity (Wildman–Crippen MR) is 163 cm³/mol. The van der Waals surface area contributed by atoms with E-state index in [2.05, 4.69) is 20.6 Å². The summed E-state index contributed by atoms with van der Waals surface area (Å²) in [4.78, 5) is 45.5. The van der Waals surface area contributed by atoms with Crippen LogP contribution in [0.25, 0.3) is 22.4 Å². The number of aromatic amines is 1. The predicted octanol–water partition coefficient (Wildman–Crippen LogP) is 7.25. The maximum atomic E-state index is 13.0. The number of benzene rings is 4. The van der Waals surface area contributed by atoms with Crippen LogP contribution < -0.4 is 15.4 Å². The van der Waals surface area contributed by atoms with Crippen molar-refractivity contribution in [3.05, 3.63) is 105 Å². The highest BCUT2D eigenvalue weighted by molar-refractivity contribution is 6.42. The molecule has 2 amide bonds. The summed E-state index contributed by atoms with van der Waals surface area (Å²) in [6, 6.07) is 21.1. The largest absolute Gasteiger partial charge is 0.484 e. The lowest BCUT2D eigenvalue weighted by Crippen LogP contribution is -2.20. The smallest absolute Gasteiger partial charge is 0.340 e. The quantitative estimate of drug-likeness (QED) is 0.157. The number of nitrogens with zero attached hydrogens (tertiary/aromatic N) is 1. The number of amides is 2. The van der Waals surface area contributed by atoms with Gasteiger partial charge >= 0.3 is 5.97 Å². The van der Waals surface area contributed by atoms with E-state index in [1.807, 2.05) is 0 Å². The first kappa shape index (κ1) is 28.9. The van der Waals surface area contributed by atoms with Gasteiger partial charge in [0, 0.05) is 21.8 Å². The monoisotopic (exact) mass is 622 g/mol. The van der Waals surface area contributed by atoms with E-state index >= 15 is 0 Å². The van der Waals surface area contributed by atoms with E-state index in [4.69, 9.17) is 44.3 Å². The Bertz CT molecular complexity index is 1770. The Morgan fingerprint density at radius 2 is 1.57 bits per heavy atom. The third-order valence-corrected chi connectivity index (χ3v) is 7.06. The Labute approximate surface area is 254 Å². The number of hydrogen-bond acceptors (Lipinski definition) is 6. The number of imidazole rings is 1. The minimum atomic E-state index is -0.693.